The Morgan fingerprint density at radius 3 is 2.25 bits per heavy atom. The van der Waals surface area contributed by atoms with E-state index in [0.717, 1.165) is 38.9 Å². The number of aromatic nitrogens is 1. The Hall–Kier alpha value is -4.61. The fraction of sp³-hybridized carbons (Fsp3) is 0.212. The third-order valence-electron chi connectivity index (χ3n) is 6.76. The van der Waals surface area contributed by atoms with E-state index in [0.29, 0.717) is 22.9 Å². The molecule has 4 aromatic carbocycles. The molecule has 0 saturated carbocycles. The van der Waals surface area contributed by atoms with Crippen LogP contribution in [-0.4, -0.2) is 32.8 Å². The van der Waals surface area contributed by atoms with Crippen molar-refractivity contribution in [2.45, 2.75) is 33.1 Å². The number of thiazole rings is 1. The van der Waals surface area contributed by atoms with Gasteiger partial charge in [-0.05, 0) is 54.3 Å². The number of anilines is 3. The van der Waals surface area contributed by atoms with Crippen LogP contribution >= 0.6 is 11.3 Å². The normalized spacial score (nSPS) is 11.7. The van der Waals surface area contributed by atoms with Crippen LogP contribution in [0.4, 0.5) is 21.9 Å². The lowest BCUT2D eigenvalue weighted by atomic mass is 9.86. The predicted octanol–water partition coefficient (Wildman–Crippen LogP) is 8.39. The van der Waals surface area contributed by atoms with Gasteiger partial charge in [-0.3, -0.25) is 4.72 Å². The summed E-state index contributed by atoms with van der Waals surface area (Å²) in [4.78, 5) is 17.9. The molecule has 0 bridgehead atoms. The fourth-order valence-electron chi connectivity index (χ4n) is 4.70. The maximum absolute atomic E-state index is 13.3. The van der Waals surface area contributed by atoms with Crippen LogP contribution in [-0.2, 0) is 15.4 Å². The Kier molecular flexibility index (Phi) is 8.53. The number of ether oxygens (including phenoxy) is 2. The quantitative estimate of drug-likeness (QED) is 0.158. The molecule has 1 aromatic heterocycles. The maximum Gasteiger partial charge on any atom is 0.323 e. The molecule has 3 N–H and O–H groups in total. The van der Waals surface area contributed by atoms with Crippen molar-refractivity contribution in [1.82, 2.24) is 4.98 Å². The summed E-state index contributed by atoms with van der Waals surface area (Å²) >= 11 is 1.58. The van der Waals surface area contributed by atoms with Crippen LogP contribution in [0.15, 0.2) is 78.2 Å². The summed E-state index contributed by atoms with van der Waals surface area (Å²) in [6, 6.07) is 22.0. The number of carbonyl (C=O) groups is 1. The fourth-order valence-corrected chi connectivity index (χ4v) is 6.05. The van der Waals surface area contributed by atoms with Crippen LogP contribution in [0, 0.1) is 6.92 Å². The van der Waals surface area contributed by atoms with E-state index in [1.807, 2.05) is 87.7 Å². The molecule has 44 heavy (non-hydrogen) atoms. The van der Waals surface area contributed by atoms with E-state index < -0.39 is 16.1 Å². The number of nitrogens with one attached hydrogen (secondary N) is 3. The topological polar surface area (TPSA) is 119 Å². The van der Waals surface area contributed by atoms with Crippen molar-refractivity contribution in [3.05, 3.63) is 89.4 Å². The van der Waals surface area contributed by atoms with Crippen molar-refractivity contribution in [3.8, 4) is 27.8 Å². The zero-order valence-corrected chi connectivity index (χ0v) is 26.9. The van der Waals surface area contributed by atoms with Gasteiger partial charge in [-0.1, -0.05) is 57.2 Å². The number of amides is 2. The maximum atomic E-state index is 13.3. The second-order valence-corrected chi connectivity index (χ2v) is 14.0. The van der Waals surface area contributed by atoms with E-state index in [4.69, 9.17) is 9.47 Å². The number of fused-ring (bicyclic) bond motifs is 1. The Labute approximate surface area is 261 Å². The summed E-state index contributed by atoms with van der Waals surface area (Å²) in [6.45, 7) is 7.95. The first-order valence-electron chi connectivity index (χ1n) is 13.8. The van der Waals surface area contributed by atoms with Crippen LogP contribution in [0.5, 0.6) is 17.2 Å². The van der Waals surface area contributed by atoms with E-state index in [9.17, 15) is 13.2 Å². The van der Waals surface area contributed by atoms with Crippen molar-refractivity contribution >= 4 is 55.2 Å². The van der Waals surface area contributed by atoms with Gasteiger partial charge in [0.1, 0.15) is 16.5 Å². The van der Waals surface area contributed by atoms with E-state index in [1.54, 1.807) is 29.5 Å². The molecule has 0 aliphatic carbocycles. The van der Waals surface area contributed by atoms with Gasteiger partial charge in [-0.2, -0.15) is 0 Å². The molecule has 0 unspecified atom stereocenters. The molecule has 0 fully saturated rings. The van der Waals surface area contributed by atoms with Crippen LogP contribution in [0.25, 0.3) is 21.3 Å². The summed E-state index contributed by atoms with van der Waals surface area (Å²) in [5.41, 5.74) is 3.54. The van der Waals surface area contributed by atoms with Gasteiger partial charge >= 0.3 is 6.03 Å². The van der Waals surface area contributed by atoms with Gasteiger partial charge in [0.2, 0.25) is 10.0 Å². The molecule has 0 aliphatic heterocycles. The van der Waals surface area contributed by atoms with Crippen LogP contribution in [0.2, 0.25) is 0 Å². The number of urea groups is 1. The summed E-state index contributed by atoms with van der Waals surface area (Å²) in [5.74, 6) is 1.50. The zero-order chi connectivity index (χ0) is 31.6. The molecule has 5 rings (SSSR count). The molecule has 0 atom stereocenters. The molecular formula is C33H34N4O5S2. The molecular weight excluding hydrogens is 597 g/mol. The third-order valence-corrected chi connectivity index (χ3v) is 8.36. The smallest absolute Gasteiger partial charge is 0.323 e. The van der Waals surface area contributed by atoms with Crippen molar-refractivity contribution in [2.24, 2.45) is 0 Å². The average Bonchev–Trinajstić information content (AvgIpc) is 3.39. The number of sulfonamides is 1. The minimum atomic E-state index is -3.61. The summed E-state index contributed by atoms with van der Waals surface area (Å²) in [6.07, 6.45) is 1.06. The van der Waals surface area contributed by atoms with E-state index >= 15 is 0 Å². The largest absolute Gasteiger partial charge is 0.492 e. The SMILES string of the molecule is COc1c(NC(=O)Nc2ccc(Oc3cccc(-c4nc(C)cs4)c3)c3ccccc23)cc(C(C)(C)C)cc1NS(C)(=O)=O. The van der Waals surface area contributed by atoms with Crippen LogP contribution in [0.1, 0.15) is 32.0 Å². The number of methoxy groups -OCH3 is 1. The highest BCUT2D eigenvalue weighted by atomic mass is 32.2. The molecule has 11 heteroatoms. The Balaban J connectivity index is 1.43. The van der Waals surface area contributed by atoms with Gasteiger partial charge in [0.15, 0.2) is 5.75 Å². The van der Waals surface area contributed by atoms with Crippen LogP contribution in [0.3, 0.4) is 0 Å². The van der Waals surface area contributed by atoms with Gasteiger partial charge in [0.25, 0.3) is 0 Å². The first-order chi connectivity index (χ1) is 20.8. The average molecular weight is 631 g/mol. The molecule has 228 valence electrons. The molecule has 9 nitrogen and oxygen atoms in total. The molecule has 2 amide bonds. The number of nitrogens with zero attached hydrogens (tertiary/aromatic N) is 1. The summed E-state index contributed by atoms with van der Waals surface area (Å²) in [5, 5.41) is 10.3. The van der Waals surface area contributed by atoms with Gasteiger partial charge < -0.3 is 20.1 Å². The predicted molar refractivity (Wildman–Crippen MR) is 179 cm³/mol. The third kappa shape index (κ3) is 7.12. The van der Waals surface area contributed by atoms with Gasteiger partial charge in [-0.25, -0.2) is 18.2 Å². The van der Waals surface area contributed by atoms with Crippen LogP contribution < -0.4 is 24.8 Å². The van der Waals surface area contributed by atoms with E-state index in [-0.39, 0.29) is 16.9 Å². The van der Waals surface area contributed by atoms with Crippen molar-refractivity contribution in [2.75, 3.05) is 28.7 Å². The van der Waals surface area contributed by atoms with Gasteiger partial charge in [0.05, 0.1) is 30.4 Å². The molecule has 0 aliphatic rings. The number of aryl methyl sites for hydroxylation is 1. The highest BCUT2D eigenvalue weighted by molar-refractivity contribution is 7.92. The minimum absolute atomic E-state index is 0.197. The molecule has 5 aromatic rings. The number of carbonyl (C=O) groups excluding carboxylic acids is 1. The standard InChI is InChI=1S/C33H34N4O5S2/c1-20-19-43-31(34-20)21-10-9-11-23(16-21)42-29-15-14-26(24-12-7-8-13-25(24)29)35-32(38)36-27-17-22(33(2,3)4)18-28(30(27)41-5)37-44(6,39)40/h7-19,37H,1-6H3,(H2,35,36,38). The minimum Gasteiger partial charge on any atom is -0.492 e. The van der Waals surface area contributed by atoms with E-state index in [1.165, 1.54) is 7.11 Å². The number of hydrogen-bond acceptors (Lipinski definition) is 7. The highest BCUT2D eigenvalue weighted by Gasteiger charge is 2.22. The van der Waals surface area contributed by atoms with Gasteiger partial charge in [0, 0.05) is 27.4 Å². The van der Waals surface area contributed by atoms with E-state index in [2.05, 4.69) is 20.3 Å². The van der Waals surface area contributed by atoms with Gasteiger partial charge in [-0.15, -0.1) is 11.3 Å². The Bertz CT molecular complexity index is 1960. The second-order valence-electron chi connectivity index (χ2n) is 11.4. The lowest BCUT2D eigenvalue weighted by Gasteiger charge is -2.24. The molecule has 0 spiro atoms. The lowest BCUT2D eigenvalue weighted by molar-refractivity contribution is 0.262. The number of rotatable bonds is 8. The second kappa shape index (κ2) is 12.2. The Morgan fingerprint density at radius 2 is 1.59 bits per heavy atom. The van der Waals surface area contributed by atoms with Crippen molar-refractivity contribution in [1.29, 1.82) is 0 Å². The summed E-state index contributed by atoms with van der Waals surface area (Å²) in [7, 11) is -2.19. The van der Waals surface area contributed by atoms with Crippen molar-refractivity contribution in [3.63, 3.8) is 0 Å². The first kappa shape index (κ1) is 30.8. The molecule has 0 saturated heterocycles. The number of hydrogen-bond donors (Lipinski definition) is 3. The monoisotopic (exact) mass is 630 g/mol. The Morgan fingerprint density at radius 1 is 0.886 bits per heavy atom. The van der Waals surface area contributed by atoms with Crippen molar-refractivity contribution < 1.29 is 22.7 Å². The highest BCUT2D eigenvalue weighted by Crippen LogP contribution is 2.40. The molecule has 1 heterocycles. The lowest BCUT2D eigenvalue weighted by Crippen LogP contribution is -2.22. The number of benzene rings is 4. The summed E-state index contributed by atoms with van der Waals surface area (Å²) < 4.78 is 38.5. The zero-order valence-electron chi connectivity index (χ0n) is 25.3. The molecule has 0 radical (unpaired) electrons. The first-order valence-corrected chi connectivity index (χ1v) is 16.6.